The van der Waals surface area contributed by atoms with E-state index in [1.165, 1.54) is 0 Å². The molecule has 2 N–H and O–H groups in total. The summed E-state index contributed by atoms with van der Waals surface area (Å²) in [7, 11) is 0. The molecule has 94 valence electrons. The number of aliphatic hydroxyl groups excluding tert-OH is 2. The first-order valence-electron chi connectivity index (χ1n) is 6.00. The van der Waals surface area contributed by atoms with Crippen molar-refractivity contribution in [2.75, 3.05) is 19.7 Å². The lowest BCUT2D eigenvalue weighted by Gasteiger charge is -2.17. The van der Waals surface area contributed by atoms with Gasteiger partial charge in [-0.2, -0.15) is 0 Å². The van der Waals surface area contributed by atoms with Crippen LogP contribution in [0.1, 0.15) is 12.5 Å². The van der Waals surface area contributed by atoms with Crippen LogP contribution in [0.15, 0.2) is 24.3 Å². The van der Waals surface area contributed by atoms with E-state index in [0.717, 1.165) is 11.3 Å². The molecule has 0 saturated carbocycles. The Morgan fingerprint density at radius 3 is 2.53 bits per heavy atom. The Kier molecular flexibility index (Phi) is 3.99. The smallest absolute Gasteiger partial charge is 0.123 e. The van der Waals surface area contributed by atoms with Crippen LogP contribution in [-0.4, -0.2) is 47.0 Å². The van der Waals surface area contributed by atoms with E-state index in [2.05, 4.69) is 0 Å². The van der Waals surface area contributed by atoms with Crippen molar-refractivity contribution in [2.24, 2.45) is 0 Å². The topological polar surface area (TPSA) is 52.9 Å². The number of aliphatic hydroxyl groups is 2. The maximum Gasteiger partial charge on any atom is 0.123 e. The number of nitrogens with zero attached hydrogens (tertiary/aromatic N) is 1. The molecule has 4 heteroatoms. The van der Waals surface area contributed by atoms with Crippen LogP contribution in [0.3, 0.4) is 0 Å². The van der Waals surface area contributed by atoms with Crippen LogP contribution < -0.4 is 4.74 Å². The third-order valence-electron chi connectivity index (χ3n) is 3.00. The van der Waals surface area contributed by atoms with E-state index >= 15 is 0 Å². The molecule has 1 aromatic rings. The molecule has 1 aliphatic heterocycles. The number of rotatable bonds is 4. The monoisotopic (exact) mass is 237 g/mol. The summed E-state index contributed by atoms with van der Waals surface area (Å²) in [6.07, 6.45) is -1.26. The molecule has 1 aromatic carbocycles. The van der Waals surface area contributed by atoms with Gasteiger partial charge in [0.2, 0.25) is 0 Å². The molecule has 1 fully saturated rings. The molecule has 1 heterocycles. The summed E-state index contributed by atoms with van der Waals surface area (Å²) in [5, 5.41) is 19.0. The number of likely N-dealkylation sites (tertiary alicyclic amines) is 1. The molecular formula is C13H19NO3. The fourth-order valence-electron chi connectivity index (χ4n) is 2.15. The third-order valence-corrected chi connectivity index (χ3v) is 3.00. The lowest BCUT2D eigenvalue weighted by molar-refractivity contribution is 0.0572. The van der Waals surface area contributed by atoms with Gasteiger partial charge in [-0.1, -0.05) is 18.2 Å². The second-order valence-corrected chi connectivity index (χ2v) is 4.37. The summed E-state index contributed by atoms with van der Waals surface area (Å²) in [6, 6.07) is 7.88. The average Bonchev–Trinajstić information content (AvgIpc) is 2.61. The Balaban J connectivity index is 2.03. The zero-order valence-corrected chi connectivity index (χ0v) is 10.0. The summed E-state index contributed by atoms with van der Waals surface area (Å²) < 4.78 is 5.55. The largest absolute Gasteiger partial charge is 0.494 e. The van der Waals surface area contributed by atoms with Crippen LogP contribution in [0.25, 0.3) is 0 Å². The summed E-state index contributed by atoms with van der Waals surface area (Å²) in [5.41, 5.74) is 1.09. The van der Waals surface area contributed by atoms with Crippen molar-refractivity contribution < 1.29 is 14.9 Å². The van der Waals surface area contributed by atoms with Crippen molar-refractivity contribution in [3.8, 4) is 5.75 Å². The number of β-amino-alcohol motifs (C(OH)–C–C–N with tert-alkyl or cyclic N) is 2. The van der Waals surface area contributed by atoms with E-state index in [4.69, 9.17) is 4.74 Å². The highest BCUT2D eigenvalue weighted by Gasteiger charge is 2.29. The van der Waals surface area contributed by atoms with Gasteiger partial charge in [0, 0.05) is 25.2 Å². The van der Waals surface area contributed by atoms with Gasteiger partial charge in [0.05, 0.1) is 18.8 Å². The van der Waals surface area contributed by atoms with E-state index in [-0.39, 0.29) is 0 Å². The Bertz CT molecular complexity index is 359. The number of ether oxygens (including phenoxy) is 1. The molecule has 4 nitrogen and oxygen atoms in total. The lowest BCUT2D eigenvalue weighted by atomic mass is 10.2. The Morgan fingerprint density at radius 1 is 1.24 bits per heavy atom. The number of para-hydroxylation sites is 1. The van der Waals surface area contributed by atoms with Crippen molar-refractivity contribution in [3.63, 3.8) is 0 Å². The maximum atomic E-state index is 9.50. The normalized spacial score (nSPS) is 25.1. The molecular weight excluding hydrogens is 218 g/mol. The highest BCUT2D eigenvalue weighted by molar-refractivity contribution is 5.33. The van der Waals surface area contributed by atoms with Crippen LogP contribution in [0.5, 0.6) is 5.75 Å². The van der Waals surface area contributed by atoms with Crippen LogP contribution in [0.2, 0.25) is 0 Å². The summed E-state index contributed by atoms with van der Waals surface area (Å²) in [5.74, 6) is 0.880. The van der Waals surface area contributed by atoms with E-state index in [0.29, 0.717) is 26.2 Å². The molecule has 2 rings (SSSR count). The summed E-state index contributed by atoms with van der Waals surface area (Å²) in [6.45, 7) is 4.33. The van der Waals surface area contributed by atoms with Crippen molar-refractivity contribution in [1.29, 1.82) is 0 Å². The minimum Gasteiger partial charge on any atom is -0.494 e. The SMILES string of the molecule is CCOc1ccccc1CN1C[C@@H](O)[C@@H](O)C1. The van der Waals surface area contributed by atoms with Gasteiger partial charge in [-0.3, -0.25) is 4.90 Å². The molecule has 2 atom stereocenters. The fraction of sp³-hybridized carbons (Fsp3) is 0.538. The van der Waals surface area contributed by atoms with Gasteiger partial charge in [0.15, 0.2) is 0 Å². The molecule has 0 aromatic heterocycles. The number of hydrogen-bond donors (Lipinski definition) is 2. The fourth-order valence-corrected chi connectivity index (χ4v) is 2.15. The van der Waals surface area contributed by atoms with Crippen LogP contribution in [0.4, 0.5) is 0 Å². The quantitative estimate of drug-likeness (QED) is 0.806. The molecule has 0 radical (unpaired) electrons. The molecule has 0 aliphatic carbocycles. The highest BCUT2D eigenvalue weighted by atomic mass is 16.5. The zero-order chi connectivity index (χ0) is 12.3. The average molecular weight is 237 g/mol. The number of hydrogen-bond acceptors (Lipinski definition) is 4. The predicted molar refractivity (Wildman–Crippen MR) is 64.9 cm³/mol. The van der Waals surface area contributed by atoms with Crippen LogP contribution in [-0.2, 0) is 6.54 Å². The van der Waals surface area contributed by atoms with Gasteiger partial charge >= 0.3 is 0 Å². The minimum atomic E-state index is -0.630. The third kappa shape index (κ3) is 2.97. The van der Waals surface area contributed by atoms with E-state index < -0.39 is 12.2 Å². The second-order valence-electron chi connectivity index (χ2n) is 4.37. The highest BCUT2D eigenvalue weighted by Crippen LogP contribution is 2.22. The predicted octanol–water partition coefficient (Wildman–Crippen LogP) is 0.623. The van der Waals surface area contributed by atoms with Crippen molar-refractivity contribution in [2.45, 2.75) is 25.7 Å². The molecule has 0 spiro atoms. The molecule has 1 aliphatic rings. The van der Waals surface area contributed by atoms with Gasteiger partial charge in [-0.25, -0.2) is 0 Å². The molecule has 1 saturated heterocycles. The molecule has 17 heavy (non-hydrogen) atoms. The zero-order valence-electron chi connectivity index (χ0n) is 10.0. The van der Waals surface area contributed by atoms with E-state index in [1.54, 1.807) is 0 Å². The Hall–Kier alpha value is -1.10. The lowest BCUT2D eigenvalue weighted by Crippen LogP contribution is -2.22. The summed E-state index contributed by atoms with van der Waals surface area (Å²) in [4.78, 5) is 2.03. The van der Waals surface area contributed by atoms with Crippen molar-refractivity contribution in [1.82, 2.24) is 4.90 Å². The van der Waals surface area contributed by atoms with E-state index in [1.807, 2.05) is 36.1 Å². The van der Waals surface area contributed by atoms with Gasteiger partial charge in [0.1, 0.15) is 5.75 Å². The van der Waals surface area contributed by atoms with Gasteiger partial charge in [0.25, 0.3) is 0 Å². The standard InChI is InChI=1S/C13H19NO3/c1-2-17-13-6-4-3-5-10(13)7-14-8-11(15)12(16)9-14/h3-6,11-12,15-16H,2,7-9H2,1H3/t11-,12+. The van der Waals surface area contributed by atoms with E-state index in [9.17, 15) is 10.2 Å². The molecule has 0 bridgehead atoms. The van der Waals surface area contributed by atoms with Crippen LogP contribution in [0, 0.1) is 0 Å². The minimum absolute atomic E-state index is 0.516. The van der Waals surface area contributed by atoms with Gasteiger partial charge in [-0.05, 0) is 13.0 Å². The second kappa shape index (κ2) is 5.49. The molecule has 0 amide bonds. The number of benzene rings is 1. The van der Waals surface area contributed by atoms with Crippen molar-refractivity contribution >= 4 is 0 Å². The van der Waals surface area contributed by atoms with Gasteiger partial charge in [-0.15, -0.1) is 0 Å². The first-order valence-corrected chi connectivity index (χ1v) is 6.00. The van der Waals surface area contributed by atoms with Crippen molar-refractivity contribution in [3.05, 3.63) is 29.8 Å². The first-order chi connectivity index (χ1) is 8.20. The maximum absolute atomic E-state index is 9.50. The van der Waals surface area contributed by atoms with Crippen LogP contribution >= 0.6 is 0 Å². The first kappa shape index (κ1) is 12.4. The summed E-state index contributed by atoms with van der Waals surface area (Å²) >= 11 is 0. The Labute approximate surface area is 101 Å². The van der Waals surface area contributed by atoms with Gasteiger partial charge < -0.3 is 14.9 Å². The Morgan fingerprint density at radius 2 is 1.88 bits per heavy atom. The molecule has 0 unspecified atom stereocenters.